The molecule has 0 amide bonds. The maximum Gasteiger partial charge on any atom is 0.573 e. The quantitative estimate of drug-likeness (QED) is 0.647. The Hall–Kier alpha value is -1.40. The van der Waals surface area contributed by atoms with E-state index >= 15 is 0 Å². The number of nitrogens with zero attached hydrogens (tertiary/aromatic N) is 1. The van der Waals surface area contributed by atoms with E-state index in [9.17, 15) is 22.0 Å². The van der Waals surface area contributed by atoms with Gasteiger partial charge in [-0.3, -0.25) is 4.98 Å². The molecule has 0 N–H and O–H groups in total. The molecule has 0 aliphatic heterocycles. The van der Waals surface area contributed by atoms with Crippen molar-refractivity contribution in [3.8, 4) is 5.75 Å². The van der Waals surface area contributed by atoms with Crippen molar-refractivity contribution in [2.75, 3.05) is 0 Å². The lowest BCUT2D eigenvalue weighted by atomic mass is 10.4. The van der Waals surface area contributed by atoms with Gasteiger partial charge in [-0.25, -0.2) is 4.39 Å². The molecule has 0 aliphatic rings. The SMILES string of the molecule is Fc1cncc(OC(F)(F)F)c1F. The smallest absolute Gasteiger partial charge is 0.401 e. The third kappa shape index (κ3) is 2.53. The molecule has 72 valence electrons. The van der Waals surface area contributed by atoms with Crippen LogP contribution in [0.15, 0.2) is 12.4 Å². The molecule has 0 fully saturated rings. The summed E-state index contributed by atoms with van der Waals surface area (Å²) in [5.74, 6) is -4.50. The van der Waals surface area contributed by atoms with Gasteiger partial charge in [0.1, 0.15) is 0 Å². The van der Waals surface area contributed by atoms with E-state index in [1.807, 2.05) is 0 Å². The maximum absolute atomic E-state index is 12.5. The number of rotatable bonds is 1. The Morgan fingerprint density at radius 1 is 1.15 bits per heavy atom. The summed E-state index contributed by atoms with van der Waals surface area (Å²) >= 11 is 0. The van der Waals surface area contributed by atoms with Crippen molar-refractivity contribution in [2.24, 2.45) is 0 Å². The second kappa shape index (κ2) is 3.15. The molecule has 1 rings (SSSR count). The minimum Gasteiger partial charge on any atom is -0.401 e. The van der Waals surface area contributed by atoms with Gasteiger partial charge in [-0.1, -0.05) is 0 Å². The first-order chi connectivity index (χ1) is 5.90. The van der Waals surface area contributed by atoms with Crippen LogP contribution in [-0.4, -0.2) is 11.3 Å². The predicted molar refractivity (Wildman–Crippen MR) is 30.8 cm³/mol. The molecule has 0 aliphatic carbocycles. The highest BCUT2D eigenvalue weighted by Gasteiger charge is 2.33. The van der Waals surface area contributed by atoms with E-state index in [1.165, 1.54) is 0 Å². The summed E-state index contributed by atoms with van der Waals surface area (Å²) in [6.45, 7) is 0. The van der Waals surface area contributed by atoms with Gasteiger partial charge in [-0.2, -0.15) is 4.39 Å². The summed E-state index contributed by atoms with van der Waals surface area (Å²) in [6.07, 6.45) is -4.18. The van der Waals surface area contributed by atoms with Crippen molar-refractivity contribution in [2.45, 2.75) is 6.36 Å². The van der Waals surface area contributed by atoms with Gasteiger partial charge in [0, 0.05) is 0 Å². The normalized spacial score (nSPS) is 11.5. The predicted octanol–water partition coefficient (Wildman–Crippen LogP) is 2.26. The Morgan fingerprint density at radius 2 is 1.77 bits per heavy atom. The number of ether oxygens (including phenoxy) is 1. The van der Waals surface area contributed by atoms with Crippen LogP contribution in [0.1, 0.15) is 0 Å². The van der Waals surface area contributed by atoms with Crippen LogP contribution in [0.4, 0.5) is 22.0 Å². The van der Waals surface area contributed by atoms with E-state index in [2.05, 4.69) is 9.72 Å². The summed E-state index contributed by atoms with van der Waals surface area (Å²) < 4.78 is 62.4. The Balaban J connectivity index is 2.96. The van der Waals surface area contributed by atoms with Crippen LogP contribution < -0.4 is 4.74 Å². The average molecular weight is 199 g/mol. The van der Waals surface area contributed by atoms with Crippen molar-refractivity contribution in [3.05, 3.63) is 24.0 Å². The molecule has 1 aromatic rings. The first-order valence-electron chi connectivity index (χ1n) is 2.95. The molecule has 0 aromatic carbocycles. The largest absolute Gasteiger partial charge is 0.573 e. The summed E-state index contributed by atoms with van der Waals surface area (Å²) in [6, 6.07) is 0. The summed E-state index contributed by atoms with van der Waals surface area (Å²) in [4.78, 5) is 2.99. The van der Waals surface area contributed by atoms with Crippen molar-refractivity contribution >= 4 is 0 Å². The maximum atomic E-state index is 12.5. The number of hydrogen-bond donors (Lipinski definition) is 0. The number of pyridine rings is 1. The fraction of sp³-hybridized carbons (Fsp3) is 0.167. The Morgan fingerprint density at radius 3 is 2.31 bits per heavy atom. The summed E-state index contributed by atoms with van der Waals surface area (Å²) in [5.41, 5.74) is 0. The lowest BCUT2D eigenvalue weighted by Crippen LogP contribution is -2.18. The van der Waals surface area contributed by atoms with Gasteiger partial charge in [0.15, 0.2) is 11.6 Å². The van der Waals surface area contributed by atoms with Crippen LogP contribution in [0.3, 0.4) is 0 Å². The van der Waals surface area contributed by atoms with Gasteiger partial charge in [0.25, 0.3) is 0 Å². The van der Waals surface area contributed by atoms with Crippen LogP contribution in [0.25, 0.3) is 0 Å². The van der Waals surface area contributed by atoms with Crippen LogP contribution >= 0.6 is 0 Å². The minimum atomic E-state index is -5.06. The van der Waals surface area contributed by atoms with E-state index in [-0.39, 0.29) is 0 Å². The molecule has 0 atom stereocenters. The molecule has 0 bridgehead atoms. The Labute approximate surface area is 69.0 Å². The van der Waals surface area contributed by atoms with Crippen molar-refractivity contribution in [1.82, 2.24) is 4.98 Å². The van der Waals surface area contributed by atoms with Gasteiger partial charge in [-0.05, 0) is 0 Å². The van der Waals surface area contributed by atoms with Gasteiger partial charge < -0.3 is 4.74 Å². The number of hydrogen-bond acceptors (Lipinski definition) is 2. The zero-order chi connectivity index (χ0) is 10.1. The number of halogens is 5. The lowest BCUT2D eigenvalue weighted by molar-refractivity contribution is -0.275. The highest BCUT2D eigenvalue weighted by atomic mass is 19.4. The highest BCUT2D eigenvalue weighted by Crippen LogP contribution is 2.25. The van der Waals surface area contributed by atoms with Crippen molar-refractivity contribution in [1.29, 1.82) is 0 Å². The van der Waals surface area contributed by atoms with E-state index < -0.39 is 23.7 Å². The fourth-order valence-electron chi connectivity index (χ4n) is 0.597. The average Bonchev–Trinajstić information content (AvgIpc) is 1.96. The van der Waals surface area contributed by atoms with E-state index in [0.717, 1.165) is 0 Å². The van der Waals surface area contributed by atoms with Gasteiger partial charge in [-0.15, -0.1) is 13.2 Å². The van der Waals surface area contributed by atoms with Crippen LogP contribution in [0.2, 0.25) is 0 Å². The first kappa shape index (κ1) is 9.69. The van der Waals surface area contributed by atoms with E-state index in [4.69, 9.17) is 0 Å². The number of aromatic nitrogens is 1. The van der Waals surface area contributed by atoms with Crippen molar-refractivity contribution < 1.29 is 26.7 Å². The zero-order valence-electron chi connectivity index (χ0n) is 5.90. The second-order valence-corrected chi connectivity index (χ2v) is 1.98. The fourth-order valence-corrected chi connectivity index (χ4v) is 0.597. The van der Waals surface area contributed by atoms with Gasteiger partial charge in [0.2, 0.25) is 5.82 Å². The summed E-state index contributed by atoms with van der Waals surface area (Å²) in [7, 11) is 0. The van der Waals surface area contributed by atoms with E-state index in [0.29, 0.717) is 12.4 Å². The molecule has 1 aromatic heterocycles. The molecule has 0 saturated carbocycles. The highest BCUT2D eigenvalue weighted by molar-refractivity contribution is 5.20. The molecule has 7 heteroatoms. The molecule has 0 spiro atoms. The molecule has 0 radical (unpaired) electrons. The molecule has 2 nitrogen and oxygen atoms in total. The van der Waals surface area contributed by atoms with Gasteiger partial charge >= 0.3 is 6.36 Å². The number of alkyl halides is 3. The van der Waals surface area contributed by atoms with Gasteiger partial charge in [0.05, 0.1) is 12.4 Å². The van der Waals surface area contributed by atoms with Crippen LogP contribution in [0.5, 0.6) is 5.75 Å². The van der Waals surface area contributed by atoms with Crippen LogP contribution in [-0.2, 0) is 0 Å². The van der Waals surface area contributed by atoms with E-state index in [1.54, 1.807) is 0 Å². The Bertz CT molecular complexity index is 310. The third-order valence-electron chi connectivity index (χ3n) is 1.03. The lowest BCUT2D eigenvalue weighted by Gasteiger charge is -2.08. The second-order valence-electron chi connectivity index (χ2n) is 1.98. The first-order valence-corrected chi connectivity index (χ1v) is 2.95. The molecular weight excluding hydrogens is 197 g/mol. The molecule has 1 heterocycles. The molecule has 13 heavy (non-hydrogen) atoms. The van der Waals surface area contributed by atoms with Crippen molar-refractivity contribution in [3.63, 3.8) is 0 Å². The molecule has 0 unspecified atom stereocenters. The standard InChI is InChI=1S/C6H2F5NO/c7-3-1-12-2-4(5(3)8)13-6(9,10)11/h1-2H. The summed E-state index contributed by atoms with van der Waals surface area (Å²) in [5, 5.41) is 0. The zero-order valence-corrected chi connectivity index (χ0v) is 5.90. The van der Waals surface area contributed by atoms with Crippen LogP contribution in [0, 0.1) is 11.6 Å². The monoisotopic (exact) mass is 199 g/mol. The topological polar surface area (TPSA) is 22.1 Å². The molecular formula is C6H2F5NO. The Kier molecular flexibility index (Phi) is 2.35. The third-order valence-corrected chi connectivity index (χ3v) is 1.03. The minimum absolute atomic E-state index is 0.436. The molecule has 0 saturated heterocycles.